The third kappa shape index (κ3) is 2.51. The first kappa shape index (κ1) is 12.2. The standard InChI is InChI=1S/C15H21NO/c1-3-15(2)8-10-16(11-9-15)14-7-5-4-6-13(14)12-17/h4-7,12H,3,8-11H2,1-2H3. The second-order valence-electron chi connectivity index (χ2n) is 5.33. The zero-order valence-corrected chi connectivity index (χ0v) is 10.8. The minimum atomic E-state index is 0.493. The summed E-state index contributed by atoms with van der Waals surface area (Å²) in [6.07, 6.45) is 4.65. The molecule has 1 aliphatic rings. The Hall–Kier alpha value is -1.31. The summed E-state index contributed by atoms with van der Waals surface area (Å²) < 4.78 is 0. The molecule has 92 valence electrons. The fourth-order valence-electron chi connectivity index (χ4n) is 2.52. The Morgan fingerprint density at radius 3 is 2.53 bits per heavy atom. The Kier molecular flexibility index (Phi) is 3.51. The normalized spacial score (nSPS) is 19.1. The number of carbonyl (C=O) groups is 1. The van der Waals surface area contributed by atoms with Gasteiger partial charge in [0.2, 0.25) is 0 Å². The SMILES string of the molecule is CCC1(C)CCN(c2ccccc2C=O)CC1. The number of hydrogen-bond donors (Lipinski definition) is 0. The van der Waals surface area contributed by atoms with Crippen molar-refractivity contribution in [3.8, 4) is 0 Å². The Morgan fingerprint density at radius 2 is 1.94 bits per heavy atom. The van der Waals surface area contributed by atoms with E-state index in [1.807, 2.05) is 18.2 Å². The molecule has 0 aromatic heterocycles. The van der Waals surface area contributed by atoms with Crippen molar-refractivity contribution in [3.05, 3.63) is 29.8 Å². The number of rotatable bonds is 3. The number of para-hydroxylation sites is 1. The molecule has 2 heteroatoms. The van der Waals surface area contributed by atoms with Gasteiger partial charge in [0, 0.05) is 24.3 Å². The van der Waals surface area contributed by atoms with Crippen LogP contribution in [0.25, 0.3) is 0 Å². The predicted octanol–water partition coefficient (Wildman–Crippen LogP) is 3.52. The first-order chi connectivity index (χ1) is 8.18. The first-order valence-electron chi connectivity index (χ1n) is 6.48. The van der Waals surface area contributed by atoms with E-state index in [1.54, 1.807) is 0 Å². The third-order valence-electron chi connectivity index (χ3n) is 4.23. The fourth-order valence-corrected chi connectivity index (χ4v) is 2.52. The number of aldehydes is 1. The van der Waals surface area contributed by atoms with Crippen LogP contribution in [0.2, 0.25) is 0 Å². The number of carbonyl (C=O) groups excluding carboxylic acids is 1. The molecule has 0 aliphatic carbocycles. The van der Waals surface area contributed by atoms with E-state index < -0.39 is 0 Å². The summed E-state index contributed by atoms with van der Waals surface area (Å²) in [5.74, 6) is 0. The Morgan fingerprint density at radius 1 is 1.29 bits per heavy atom. The van der Waals surface area contributed by atoms with Crippen molar-refractivity contribution in [2.45, 2.75) is 33.1 Å². The number of anilines is 1. The molecule has 0 N–H and O–H groups in total. The molecule has 0 saturated carbocycles. The maximum atomic E-state index is 11.0. The topological polar surface area (TPSA) is 20.3 Å². The molecule has 1 fully saturated rings. The quantitative estimate of drug-likeness (QED) is 0.742. The van der Waals surface area contributed by atoms with Crippen molar-refractivity contribution in [2.24, 2.45) is 5.41 Å². The van der Waals surface area contributed by atoms with Crippen LogP contribution in [0, 0.1) is 5.41 Å². The number of nitrogens with zero attached hydrogens (tertiary/aromatic N) is 1. The van der Waals surface area contributed by atoms with Crippen LogP contribution in [-0.2, 0) is 0 Å². The second kappa shape index (κ2) is 4.91. The van der Waals surface area contributed by atoms with Crippen molar-refractivity contribution in [2.75, 3.05) is 18.0 Å². The van der Waals surface area contributed by atoms with Gasteiger partial charge in [-0.3, -0.25) is 4.79 Å². The summed E-state index contributed by atoms with van der Waals surface area (Å²) in [4.78, 5) is 13.4. The molecule has 1 heterocycles. The Bertz CT molecular complexity index is 392. The summed E-state index contributed by atoms with van der Waals surface area (Å²) >= 11 is 0. The first-order valence-corrected chi connectivity index (χ1v) is 6.48. The van der Waals surface area contributed by atoms with E-state index in [2.05, 4.69) is 24.8 Å². The number of benzene rings is 1. The molecule has 2 rings (SSSR count). The molecule has 0 amide bonds. The zero-order valence-electron chi connectivity index (χ0n) is 10.8. The highest BCUT2D eigenvalue weighted by atomic mass is 16.1. The van der Waals surface area contributed by atoms with Crippen molar-refractivity contribution in [1.82, 2.24) is 0 Å². The second-order valence-corrected chi connectivity index (χ2v) is 5.33. The lowest BCUT2D eigenvalue weighted by Gasteiger charge is -2.40. The van der Waals surface area contributed by atoms with Crippen LogP contribution >= 0.6 is 0 Å². The maximum absolute atomic E-state index is 11.0. The van der Waals surface area contributed by atoms with Gasteiger partial charge in [0.15, 0.2) is 6.29 Å². The highest BCUT2D eigenvalue weighted by molar-refractivity contribution is 5.84. The summed E-state index contributed by atoms with van der Waals surface area (Å²) in [7, 11) is 0. The van der Waals surface area contributed by atoms with Crippen LogP contribution in [0.1, 0.15) is 43.5 Å². The van der Waals surface area contributed by atoms with Crippen LogP contribution in [0.3, 0.4) is 0 Å². The monoisotopic (exact) mass is 231 g/mol. The molecule has 0 unspecified atom stereocenters. The van der Waals surface area contributed by atoms with Crippen LogP contribution in [-0.4, -0.2) is 19.4 Å². The molecule has 0 bridgehead atoms. The highest BCUT2D eigenvalue weighted by Crippen LogP contribution is 2.36. The van der Waals surface area contributed by atoms with Gasteiger partial charge in [-0.25, -0.2) is 0 Å². The predicted molar refractivity (Wildman–Crippen MR) is 71.7 cm³/mol. The van der Waals surface area contributed by atoms with Crippen LogP contribution in [0.15, 0.2) is 24.3 Å². The van der Waals surface area contributed by atoms with Crippen molar-refractivity contribution in [1.29, 1.82) is 0 Å². The summed E-state index contributed by atoms with van der Waals surface area (Å²) in [5, 5.41) is 0. The number of hydrogen-bond acceptors (Lipinski definition) is 2. The molecule has 1 saturated heterocycles. The van der Waals surface area contributed by atoms with Crippen LogP contribution in [0.4, 0.5) is 5.69 Å². The third-order valence-corrected chi connectivity index (χ3v) is 4.23. The van der Waals surface area contributed by atoms with E-state index in [0.29, 0.717) is 5.41 Å². The summed E-state index contributed by atoms with van der Waals surface area (Å²) in [6, 6.07) is 7.89. The molecule has 1 aromatic rings. The largest absolute Gasteiger partial charge is 0.371 e. The smallest absolute Gasteiger partial charge is 0.152 e. The van der Waals surface area contributed by atoms with E-state index in [4.69, 9.17) is 0 Å². The van der Waals surface area contributed by atoms with Crippen LogP contribution in [0.5, 0.6) is 0 Å². The molecule has 0 radical (unpaired) electrons. The lowest BCUT2D eigenvalue weighted by molar-refractivity contribution is 0.112. The van der Waals surface area contributed by atoms with Gasteiger partial charge in [-0.15, -0.1) is 0 Å². The fraction of sp³-hybridized carbons (Fsp3) is 0.533. The minimum absolute atomic E-state index is 0.493. The van der Waals surface area contributed by atoms with Crippen molar-refractivity contribution < 1.29 is 4.79 Å². The van der Waals surface area contributed by atoms with Gasteiger partial charge < -0.3 is 4.90 Å². The Labute approximate surface area is 104 Å². The lowest BCUT2D eigenvalue weighted by atomic mass is 9.78. The molecular formula is C15H21NO. The summed E-state index contributed by atoms with van der Waals surface area (Å²) in [6.45, 7) is 6.77. The zero-order chi connectivity index (χ0) is 12.3. The number of piperidine rings is 1. The molecular weight excluding hydrogens is 210 g/mol. The van der Waals surface area contributed by atoms with Gasteiger partial charge in [-0.2, -0.15) is 0 Å². The average Bonchev–Trinajstić information content (AvgIpc) is 2.40. The van der Waals surface area contributed by atoms with Gasteiger partial charge in [-0.05, 0) is 30.4 Å². The maximum Gasteiger partial charge on any atom is 0.152 e. The van der Waals surface area contributed by atoms with E-state index in [0.717, 1.165) is 30.6 Å². The van der Waals surface area contributed by atoms with Crippen molar-refractivity contribution >= 4 is 12.0 Å². The molecule has 1 aliphatic heterocycles. The molecule has 2 nitrogen and oxygen atoms in total. The highest BCUT2D eigenvalue weighted by Gasteiger charge is 2.28. The lowest BCUT2D eigenvalue weighted by Crippen LogP contribution is -2.38. The van der Waals surface area contributed by atoms with Gasteiger partial charge in [0.05, 0.1) is 0 Å². The summed E-state index contributed by atoms with van der Waals surface area (Å²) in [5.41, 5.74) is 2.40. The molecule has 17 heavy (non-hydrogen) atoms. The van der Waals surface area contributed by atoms with Gasteiger partial charge in [-0.1, -0.05) is 32.4 Å². The van der Waals surface area contributed by atoms with Crippen molar-refractivity contribution in [3.63, 3.8) is 0 Å². The van der Waals surface area contributed by atoms with Gasteiger partial charge in [0.25, 0.3) is 0 Å². The van der Waals surface area contributed by atoms with E-state index in [9.17, 15) is 4.79 Å². The van der Waals surface area contributed by atoms with Gasteiger partial charge >= 0.3 is 0 Å². The molecule has 1 aromatic carbocycles. The average molecular weight is 231 g/mol. The van der Waals surface area contributed by atoms with Crippen LogP contribution < -0.4 is 4.90 Å². The molecule has 0 spiro atoms. The van der Waals surface area contributed by atoms with E-state index in [-0.39, 0.29) is 0 Å². The molecule has 0 atom stereocenters. The minimum Gasteiger partial charge on any atom is -0.371 e. The van der Waals surface area contributed by atoms with Gasteiger partial charge in [0.1, 0.15) is 0 Å². The van der Waals surface area contributed by atoms with E-state index >= 15 is 0 Å². The Balaban J connectivity index is 2.13. The van der Waals surface area contributed by atoms with E-state index in [1.165, 1.54) is 19.3 Å².